The monoisotopic (exact) mass is 406 g/mol. The first-order valence-corrected chi connectivity index (χ1v) is 9.79. The lowest BCUT2D eigenvalue weighted by atomic mass is 10.0. The molecule has 10 heteroatoms. The van der Waals surface area contributed by atoms with Gasteiger partial charge in [-0.1, -0.05) is 11.8 Å². The Bertz CT molecular complexity index is 834. The Kier molecular flexibility index (Phi) is 6.40. The number of likely N-dealkylation sites (tertiary alicyclic amines) is 1. The number of amides is 2. The third-order valence-electron chi connectivity index (χ3n) is 4.48. The van der Waals surface area contributed by atoms with Crippen LogP contribution in [0.3, 0.4) is 0 Å². The van der Waals surface area contributed by atoms with Crippen molar-refractivity contribution in [3.8, 4) is 23.0 Å². The second-order valence-corrected chi connectivity index (χ2v) is 7.19. The highest BCUT2D eigenvalue weighted by molar-refractivity contribution is 7.99. The molecule has 0 bridgehead atoms. The van der Waals surface area contributed by atoms with Crippen molar-refractivity contribution >= 4 is 23.6 Å². The molecule has 1 fully saturated rings. The molecule has 1 aliphatic heterocycles. The molecule has 150 valence electrons. The van der Waals surface area contributed by atoms with E-state index in [1.54, 1.807) is 37.3 Å². The summed E-state index contributed by atoms with van der Waals surface area (Å²) in [5.74, 6) is 0.938. The normalized spacial score (nSPS) is 16.6. The van der Waals surface area contributed by atoms with Crippen molar-refractivity contribution < 1.29 is 23.5 Å². The zero-order valence-corrected chi connectivity index (χ0v) is 16.5. The number of benzene rings is 1. The molecule has 3 rings (SSSR count). The van der Waals surface area contributed by atoms with Crippen LogP contribution < -0.4 is 15.2 Å². The largest absolute Gasteiger partial charge is 0.497 e. The number of carbonyl (C=O) groups excluding carboxylic acids is 2. The predicted molar refractivity (Wildman–Crippen MR) is 102 cm³/mol. The summed E-state index contributed by atoms with van der Waals surface area (Å²) < 4.78 is 16.1. The van der Waals surface area contributed by atoms with Crippen molar-refractivity contribution in [1.29, 1.82) is 0 Å². The molecule has 1 aromatic carbocycles. The molecule has 28 heavy (non-hydrogen) atoms. The van der Waals surface area contributed by atoms with E-state index < -0.39 is 11.9 Å². The number of ether oxygens (including phenoxy) is 2. The van der Waals surface area contributed by atoms with Gasteiger partial charge >= 0.3 is 0 Å². The molecule has 9 nitrogen and oxygen atoms in total. The van der Waals surface area contributed by atoms with Gasteiger partial charge in [0.15, 0.2) is 0 Å². The van der Waals surface area contributed by atoms with Gasteiger partial charge in [-0.15, -0.1) is 10.2 Å². The molecule has 1 aliphatic rings. The van der Waals surface area contributed by atoms with Gasteiger partial charge in [0, 0.05) is 18.2 Å². The first-order valence-electron chi connectivity index (χ1n) is 8.80. The minimum absolute atomic E-state index is 0.0901. The van der Waals surface area contributed by atoms with Crippen LogP contribution in [0.1, 0.15) is 19.3 Å². The second-order valence-electron chi connectivity index (χ2n) is 6.26. The van der Waals surface area contributed by atoms with Crippen LogP contribution in [0.5, 0.6) is 11.5 Å². The molecular formula is C18H22N4O5S. The predicted octanol–water partition coefficient (Wildman–Crippen LogP) is 1.71. The third kappa shape index (κ3) is 4.56. The molecule has 2 heterocycles. The van der Waals surface area contributed by atoms with Gasteiger partial charge in [-0.05, 0) is 31.4 Å². The molecule has 0 saturated carbocycles. The lowest BCUT2D eigenvalue weighted by Gasteiger charge is -2.33. The van der Waals surface area contributed by atoms with Crippen molar-refractivity contribution in [2.24, 2.45) is 5.73 Å². The van der Waals surface area contributed by atoms with Gasteiger partial charge in [0.2, 0.25) is 17.7 Å². The molecular weight excluding hydrogens is 384 g/mol. The topological polar surface area (TPSA) is 121 Å². The van der Waals surface area contributed by atoms with E-state index in [1.807, 2.05) is 0 Å². The van der Waals surface area contributed by atoms with E-state index in [0.29, 0.717) is 35.9 Å². The number of nitrogens with zero attached hydrogens (tertiary/aromatic N) is 3. The zero-order chi connectivity index (χ0) is 20.1. The number of thioether (sulfide) groups is 1. The van der Waals surface area contributed by atoms with Gasteiger partial charge in [-0.3, -0.25) is 9.59 Å². The van der Waals surface area contributed by atoms with Gasteiger partial charge in [0.05, 0.1) is 20.0 Å². The molecule has 0 unspecified atom stereocenters. The standard InChI is InChI=1S/C18H22N4O5S/c1-25-12-7-11(8-13(9-12)26-2)17-20-21-18(27-17)28-10-15(23)22-6-4-3-5-14(22)16(19)24/h7-9,14H,3-6,10H2,1-2H3,(H2,19,24)/t14-/m0/s1. The van der Waals surface area contributed by atoms with Crippen LogP contribution in [0.15, 0.2) is 27.8 Å². The summed E-state index contributed by atoms with van der Waals surface area (Å²) in [7, 11) is 3.11. The van der Waals surface area contributed by atoms with Crippen molar-refractivity contribution in [3.05, 3.63) is 18.2 Å². The van der Waals surface area contributed by atoms with E-state index >= 15 is 0 Å². The van der Waals surface area contributed by atoms with E-state index in [0.717, 1.165) is 24.6 Å². The smallest absolute Gasteiger partial charge is 0.277 e. The van der Waals surface area contributed by atoms with E-state index in [1.165, 1.54) is 0 Å². The van der Waals surface area contributed by atoms with E-state index in [2.05, 4.69) is 10.2 Å². The number of hydrogen-bond donors (Lipinski definition) is 1. The number of nitrogens with two attached hydrogens (primary N) is 1. The maximum absolute atomic E-state index is 12.5. The number of rotatable bonds is 7. The van der Waals surface area contributed by atoms with Crippen LogP contribution in [0.25, 0.3) is 11.5 Å². The highest BCUT2D eigenvalue weighted by atomic mass is 32.2. The van der Waals surface area contributed by atoms with Crippen LogP contribution in [0.4, 0.5) is 0 Å². The maximum atomic E-state index is 12.5. The van der Waals surface area contributed by atoms with Crippen LogP contribution in [-0.4, -0.2) is 59.5 Å². The summed E-state index contributed by atoms with van der Waals surface area (Å²) in [5, 5.41) is 8.26. The molecule has 1 saturated heterocycles. The first kappa shape index (κ1) is 20.0. The molecule has 0 aliphatic carbocycles. The first-order chi connectivity index (χ1) is 13.5. The molecule has 1 atom stereocenters. The number of carbonyl (C=O) groups is 2. The van der Waals surface area contributed by atoms with Gasteiger partial charge in [-0.2, -0.15) is 0 Å². The zero-order valence-electron chi connectivity index (χ0n) is 15.7. The number of hydrogen-bond acceptors (Lipinski definition) is 8. The minimum Gasteiger partial charge on any atom is -0.497 e. The lowest BCUT2D eigenvalue weighted by Crippen LogP contribution is -2.51. The SMILES string of the molecule is COc1cc(OC)cc(-c2nnc(SCC(=O)N3CCCC[C@H]3C(N)=O)o2)c1. The minimum atomic E-state index is -0.538. The maximum Gasteiger partial charge on any atom is 0.277 e. The van der Waals surface area contributed by atoms with Crippen molar-refractivity contribution in [1.82, 2.24) is 15.1 Å². The van der Waals surface area contributed by atoms with Gasteiger partial charge < -0.3 is 24.5 Å². The van der Waals surface area contributed by atoms with Crippen molar-refractivity contribution in [2.75, 3.05) is 26.5 Å². The van der Waals surface area contributed by atoms with E-state index in [9.17, 15) is 9.59 Å². The van der Waals surface area contributed by atoms with Crippen LogP contribution in [0.2, 0.25) is 0 Å². The number of primary amides is 1. The molecule has 2 aromatic rings. The lowest BCUT2D eigenvalue weighted by molar-refractivity contribution is -0.138. The summed E-state index contributed by atoms with van der Waals surface area (Å²) in [6.45, 7) is 0.533. The molecule has 0 radical (unpaired) electrons. The molecule has 2 N–H and O–H groups in total. The summed E-state index contributed by atoms with van der Waals surface area (Å²) in [4.78, 5) is 25.6. The number of aromatic nitrogens is 2. The Morgan fingerprint density at radius 3 is 2.57 bits per heavy atom. The second kappa shape index (κ2) is 8.96. The van der Waals surface area contributed by atoms with Gasteiger partial charge in [-0.25, -0.2) is 0 Å². The van der Waals surface area contributed by atoms with Crippen molar-refractivity contribution in [2.45, 2.75) is 30.5 Å². The van der Waals surface area contributed by atoms with E-state index in [4.69, 9.17) is 19.6 Å². The number of piperidine rings is 1. The molecule has 1 aromatic heterocycles. The summed E-state index contributed by atoms with van der Waals surface area (Å²) in [5.41, 5.74) is 6.06. The Morgan fingerprint density at radius 1 is 1.21 bits per heavy atom. The summed E-state index contributed by atoms with van der Waals surface area (Å²) >= 11 is 1.13. The fourth-order valence-corrected chi connectivity index (χ4v) is 3.70. The van der Waals surface area contributed by atoms with Crippen LogP contribution >= 0.6 is 11.8 Å². The average Bonchev–Trinajstić information content (AvgIpc) is 3.20. The van der Waals surface area contributed by atoms with Crippen LogP contribution in [-0.2, 0) is 9.59 Å². The Hall–Kier alpha value is -2.75. The summed E-state index contributed by atoms with van der Waals surface area (Å²) in [6, 6.07) is 4.70. The number of methoxy groups -OCH3 is 2. The average molecular weight is 406 g/mol. The fraction of sp³-hybridized carbons (Fsp3) is 0.444. The third-order valence-corrected chi connectivity index (χ3v) is 5.28. The molecule has 0 spiro atoms. The Morgan fingerprint density at radius 2 is 1.93 bits per heavy atom. The van der Waals surface area contributed by atoms with Gasteiger partial charge in [0.25, 0.3) is 5.22 Å². The molecule has 2 amide bonds. The Balaban J connectivity index is 1.66. The van der Waals surface area contributed by atoms with Crippen molar-refractivity contribution in [3.63, 3.8) is 0 Å². The van der Waals surface area contributed by atoms with Gasteiger partial charge in [0.1, 0.15) is 17.5 Å². The Labute approximate surface area is 166 Å². The quantitative estimate of drug-likeness (QED) is 0.690. The van der Waals surface area contributed by atoms with Crippen LogP contribution in [0, 0.1) is 0 Å². The summed E-state index contributed by atoms with van der Waals surface area (Å²) in [6.07, 6.45) is 2.36. The highest BCUT2D eigenvalue weighted by Gasteiger charge is 2.30. The highest BCUT2D eigenvalue weighted by Crippen LogP contribution is 2.30. The van der Waals surface area contributed by atoms with E-state index in [-0.39, 0.29) is 16.9 Å². The fourth-order valence-electron chi connectivity index (χ4n) is 3.05.